The zero-order valence-electron chi connectivity index (χ0n) is 10.9. The number of alkyl halides is 2. The van der Waals surface area contributed by atoms with Gasteiger partial charge in [-0.3, -0.25) is 14.8 Å². The van der Waals surface area contributed by atoms with E-state index in [2.05, 4.69) is 5.10 Å². The average Bonchev–Trinajstić information content (AvgIpc) is 2.61. The van der Waals surface area contributed by atoms with E-state index in [1.165, 1.54) is 10.9 Å². The summed E-state index contributed by atoms with van der Waals surface area (Å²) >= 11 is 11.6. The van der Waals surface area contributed by atoms with E-state index in [1.807, 2.05) is 7.05 Å². The molecule has 0 saturated heterocycles. The van der Waals surface area contributed by atoms with Crippen LogP contribution in [0.5, 0.6) is 0 Å². The van der Waals surface area contributed by atoms with Crippen molar-refractivity contribution in [1.29, 1.82) is 0 Å². The Morgan fingerprint density at radius 1 is 1.42 bits per heavy atom. The molecule has 0 amide bonds. The van der Waals surface area contributed by atoms with Crippen molar-refractivity contribution < 1.29 is 21.8 Å². The molecule has 0 N–H and O–H groups in total. The van der Waals surface area contributed by atoms with Gasteiger partial charge in [0, 0.05) is 7.05 Å². The first kappa shape index (κ1) is 18.4. The number of nitrogens with zero attached hydrogens (tertiary/aromatic N) is 4. The van der Waals surface area contributed by atoms with E-state index in [4.69, 9.17) is 23.2 Å². The van der Waals surface area contributed by atoms with Crippen LogP contribution in [0.15, 0.2) is 6.20 Å². The zero-order valence-corrected chi connectivity index (χ0v) is 13.1. The molecule has 110 valence electrons. The largest absolute Gasteiger partial charge is 1.00 e. The van der Waals surface area contributed by atoms with E-state index < -0.39 is 4.92 Å². The van der Waals surface area contributed by atoms with Gasteiger partial charge in [0.25, 0.3) is 0 Å². The molecule has 19 heavy (non-hydrogen) atoms. The Kier molecular flexibility index (Phi) is 7.66. The number of hydrogen-bond acceptors (Lipinski definition) is 3. The molecule has 0 aliphatic carbocycles. The van der Waals surface area contributed by atoms with Crippen LogP contribution >= 0.6 is 23.2 Å². The lowest BCUT2D eigenvalue weighted by molar-refractivity contribution is -0.918. The molecule has 9 heteroatoms. The van der Waals surface area contributed by atoms with Crippen LogP contribution in [0.25, 0.3) is 0 Å². The Bertz CT molecular complexity index is 419. The highest BCUT2D eigenvalue weighted by Gasteiger charge is 2.29. The van der Waals surface area contributed by atoms with Crippen LogP contribution in [0.3, 0.4) is 0 Å². The first-order chi connectivity index (χ1) is 8.43. The van der Waals surface area contributed by atoms with Crippen molar-refractivity contribution >= 4 is 28.9 Å². The maximum atomic E-state index is 10.9. The number of quaternary nitrogens is 1. The van der Waals surface area contributed by atoms with Gasteiger partial charge in [0.1, 0.15) is 12.7 Å². The van der Waals surface area contributed by atoms with Gasteiger partial charge in [0.2, 0.25) is 0 Å². The predicted molar refractivity (Wildman–Crippen MR) is 70.9 cm³/mol. The molecule has 0 aliphatic heterocycles. The molecule has 0 spiro atoms. The van der Waals surface area contributed by atoms with E-state index in [0.29, 0.717) is 41.6 Å². The summed E-state index contributed by atoms with van der Waals surface area (Å²) < 4.78 is 2.10. The van der Waals surface area contributed by atoms with Crippen LogP contribution < -0.4 is 12.4 Å². The lowest BCUT2D eigenvalue weighted by atomic mass is 10.3. The highest BCUT2D eigenvalue weighted by Crippen LogP contribution is 2.21. The van der Waals surface area contributed by atoms with Gasteiger partial charge in [-0.2, -0.15) is 5.10 Å². The van der Waals surface area contributed by atoms with E-state index in [0.717, 1.165) is 0 Å². The number of aromatic nitrogens is 2. The minimum Gasteiger partial charge on any atom is -1.00 e. The van der Waals surface area contributed by atoms with Crippen LogP contribution in [0.1, 0.15) is 5.69 Å². The normalized spacial score (nSPS) is 11.2. The summed E-state index contributed by atoms with van der Waals surface area (Å²) in [7, 11) is 3.69. The molecule has 1 aromatic rings. The minimum atomic E-state index is -0.409. The SMILES string of the molecule is Cn1ncc([N+](=O)[O-])c1C[N+](C)(CCCl)CCCl.[Cl-]. The Morgan fingerprint density at radius 3 is 2.37 bits per heavy atom. The maximum Gasteiger partial charge on any atom is 0.316 e. The second-order valence-electron chi connectivity index (χ2n) is 4.46. The summed E-state index contributed by atoms with van der Waals surface area (Å²) in [4.78, 5) is 10.5. The van der Waals surface area contributed by atoms with E-state index >= 15 is 0 Å². The lowest BCUT2D eigenvalue weighted by Gasteiger charge is -2.33. The van der Waals surface area contributed by atoms with Crippen LogP contribution in [-0.4, -0.2) is 51.1 Å². The highest BCUT2D eigenvalue weighted by atomic mass is 35.5. The van der Waals surface area contributed by atoms with Crippen molar-refractivity contribution in [2.45, 2.75) is 6.54 Å². The van der Waals surface area contributed by atoms with Gasteiger partial charge < -0.3 is 16.9 Å². The molecule has 0 saturated carbocycles. The summed E-state index contributed by atoms with van der Waals surface area (Å²) in [5.74, 6) is 0.970. The van der Waals surface area contributed by atoms with E-state index in [9.17, 15) is 10.1 Å². The smallest absolute Gasteiger partial charge is 0.316 e. The van der Waals surface area contributed by atoms with Gasteiger partial charge in [0.15, 0.2) is 5.69 Å². The third kappa shape index (κ3) is 4.80. The molecule has 0 radical (unpaired) electrons. The minimum absolute atomic E-state index is 0. The van der Waals surface area contributed by atoms with Gasteiger partial charge in [-0.25, -0.2) is 0 Å². The van der Waals surface area contributed by atoms with Crippen LogP contribution in [0, 0.1) is 10.1 Å². The lowest BCUT2D eigenvalue weighted by Crippen LogP contribution is -3.00. The van der Waals surface area contributed by atoms with Gasteiger partial charge in [-0.15, -0.1) is 23.2 Å². The molecule has 0 fully saturated rings. The second-order valence-corrected chi connectivity index (χ2v) is 5.22. The number of halogens is 3. The summed E-state index contributed by atoms with van der Waals surface area (Å²) in [5, 5.41) is 14.9. The standard InChI is InChI=1S/C10H17Cl2N4O2.ClH/c1-14-10(9(7-13-14)15(17)18)8-16(2,5-3-11)6-4-12;/h7H,3-6,8H2,1-2H3;1H/q+1;/p-1. The van der Waals surface area contributed by atoms with Gasteiger partial charge in [-0.05, 0) is 0 Å². The monoisotopic (exact) mass is 330 g/mol. The number of nitro groups is 1. The topological polar surface area (TPSA) is 61.0 Å². The summed E-state index contributed by atoms with van der Waals surface area (Å²) in [5.41, 5.74) is 0.642. The predicted octanol–water partition coefficient (Wildman–Crippen LogP) is -1.24. The Morgan fingerprint density at radius 2 is 1.95 bits per heavy atom. The molecular formula is C10H17Cl3N4O2. The maximum absolute atomic E-state index is 10.9. The van der Waals surface area contributed by atoms with Gasteiger partial charge in [0.05, 0.1) is 36.8 Å². The summed E-state index contributed by atoms with van der Waals surface area (Å²) in [6.07, 6.45) is 1.28. The fourth-order valence-corrected chi connectivity index (χ4v) is 2.64. The van der Waals surface area contributed by atoms with Gasteiger partial charge >= 0.3 is 5.69 Å². The molecule has 1 heterocycles. The fourth-order valence-electron chi connectivity index (χ4n) is 1.83. The van der Waals surface area contributed by atoms with Crippen molar-refractivity contribution in [3.05, 3.63) is 22.0 Å². The van der Waals surface area contributed by atoms with Crippen molar-refractivity contribution in [2.24, 2.45) is 7.05 Å². The third-order valence-corrected chi connectivity index (χ3v) is 3.35. The number of aryl methyl sites for hydroxylation is 1. The molecule has 6 nitrogen and oxygen atoms in total. The first-order valence-corrected chi connectivity index (χ1v) is 6.61. The van der Waals surface area contributed by atoms with Gasteiger partial charge in [-0.1, -0.05) is 0 Å². The molecule has 1 rings (SSSR count). The van der Waals surface area contributed by atoms with Crippen molar-refractivity contribution in [2.75, 3.05) is 31.9 Å². The average molecular weight is 332 g/mol. The van der Waals surface area contributed by atoms with Crippen molar-refractivity contribution in [1.82, 2.24) is 9.78 Å². The zero-order chi connectivity index (χ0) is 13.8. The molecule has 0 bridgehead atoms. The van der Waals surface area contributed by atoms with Crippen LogP contribution in [0.2, 0.25) is 0 Å². The molecular weight excluding hydrogens is 314 g/mol. The Balaban J connectivity index is 0.00000324. The molecule has 0 aromatic carbocycles. The van der Waals surface area contributed by atoms with Crippen molar-refractivity contribution in [3.8, 4) is 0 Å². The first-order valence-electron chi connectivity index (χ1n) is 5.54. The fraction of sp³-hybridized carbons (Fsp3) is 0.700. The third-order valence-electron chi connectivity index (χ3n) is 3.02. The van der Waals surface area contributed by atoms with Crippen molar-refractivity contribution in [3.63, 3.8) is 0 Å². The van der Waals surface area contributed by atoms with Crippen LogP contribution in [0.4, 0.5) is 5.69 Å². The molecule has 0 aliphatic rings. The summed E-state index contributed by atoms with van der Waals surface area (Å²) in [6, 6.07) is 0. The van der Waals surface area contributed by atoms with E-state index in [1.54, 1.807) is 7.05 Å². The Hall–Kier alpha value is -0.560. The quantitative estimate of drug-likeness (QED) is 0.272. The highest BCUT2D eigenvalue weighted by molar-refractivity contribution is 6.18. The molecule has 0 atom stereocenters. The van der Waals surface area contributed by atoms with E-state index in [-0.39, 0.29) is 18.1 Å². The number of hydrogen-bond donors (Lipinski definition) is 0. The summed E-state index contributed by atoms with van der Waals surface area (Å²) in [6.45, 7) is 1.90. The molecule has 1 aromatic heterocycles. The Labute approximate surface area is 128 Å². The molecule has 0 unspecified atom stereocenters. The number of rotatable bonds is 7. The van der Waals surface area contributed by atoms with Crippen LogP contribution in [-0.2, 0) is 13.6 Å². The second kappa shape index (κ2) is 7.89.